The van der Waals surface area contributed by atoms with Gasteiger partial charge in [-0.05, 0) is 70.1 Å². The first-order valence-electron chi connectivity index (χ1n) is 10.1. The third-order valence-electron chi connectivity index (χ3n) is 5.34. The van der Waals surface area contributed by atoms with E-state index in [1.165, 1.54) is 6.20 Å². The second-order valence-electron chi connectivity index (χ2n) is 7.86. The predicted octanol–water partition coefficient (Wildman–Crippen LogP) is 2.53. The summed E-state index contributed by atoms with van der Waals surface area (Å²) >= 11 is 0. The van der Waals surface area contributed by atoms with E-state index in [-0.39, 0.29) is 35.4 Å². The van der Waals surface area contributed by atoms with Gasteiger partial charge in [0, 0.05) is 23.3 Å². The van der Waals surface area contributed by atoms with Crippen molar-refractivity contribution in [2.24, 2.45) is 0 Å². The average molecular weight is 411 g/mol. The Kier molecular flexibility index (Phi) is 5.75. The van der Waals surface area contributed by atoms with Crippen LogP contribution in [0.2, 0.25) is 0 Å². The lowest BCUT2D eigenvalue weighted by Crippen LogP contribution is -2.43. The summed E-state index contributed by atoms with van der Waals surface area (Å²) in [6.07, 6.45) is 5.06. The van der Waals surface area contributed by atoms with Gasteiger partial charge in [-0.1, -0.05) is 0 Å². The molecule has 1 aliphatic heterocycles. The van der Waals surface area contributed by atoms with Crippen LogP contribution in [0.3, 0.4) is 0 Å². The first-order valence-corrected chi connectivity index (χ1v) is 10.1. The summed E-state index contributed by atoms with van der Waals surface area (Å²) in [5.74, 6) is 0.389. The zero-order valence-electron chi connectivity index (χ0n) is 16.8. The molecule has 2 fully saturated rings. The zero-order chi connectivity index (χ0) is 21.1. The normalized spacial score (nSPS) is 17.4. The third kappa shape index (κ3) is 5.01. The lowest BCUT2D eigenvalue weighted by molar-refractivity contribution is -0.384. The maximum absolute atomic E-state index is 12.5. The Morgan fingerprint density at radius 2 is 1.83 bits per heavy atom. The second-order valence-corrected chi connectivity index (χ2v) is 7.86. The molecule has 10 nitrogen and oxygen atoms in total. The molecule has 0 unspecified atom stereocenters. The summed E-state index contributed by atoms with van der Waals surface area (Å²) in [6.45, 7) is 1.97. The number of nitrogens with one attached hydrogen (secondary N) is 3. The molecule has 2 aromatic rings. The molecular formula is C20H25N7O3. The predicted molar refractivity (Wildman–Crippen MR) is 113 cm³/mol. The average Bonchev–Trinajstić information content (AvgIpc) is 3.54. The molecule has 1 amide bonds. The number of aromatic nitrogens is 2. The number of hydrogen-bond donors (Lipinski definition) is 3. The summed E-state index contributed by atoms with van der Waals surface area (Å²) in [7, 11) is 2.09. The Balaban J connectivity index is 1.39. The Morgan fingerprint density at radius 1 is 1.13 bits per heavy atom. The number of nitro groups is 1. The van der Waals surface area contributed by atoms with E-state index in [9.17, 15) is 14.9 Å². The maximum Gasteiger partial charge on any atom is 0.329 e. The van der Waals surface area contributed by atoms with Crippen molar-refractivity contribution in [2.75, 3.05) is 30.8 Å². The van der Waals surface area contributed by atoms with Crippen molar-refractivity contribution in [3.8, 4) is 0 Å². The van der Waals surface area contributed by atoms with E-state index < -0.39 is 4.92 Å². The molecule has 2 heterocycles. The first-order chi connectivity index (χ1) is 14.5. The fourth-order valence-corrected chi connectivity index (χ4v) is 3.35. The molecule has 10 heteroatoms. The van der Waals surface area contributed by atoms with Crippen molar-refractivity contribution in [1.82, 2.24) is 20.2 Å². The minimum atomic E-state index is -0.494. The van der Waals surface area contributed by atoms with Crippen molar-refractivity contribution in [3.05, 3.63) is 46.1 Å². The molecule has 0 bridgehead atoms. The number of rotatable bonds is 7. The monoisotopic (exact) mass is 411 g/mol. The highest BCUT2D eigenvalue weighted by Crippen LogP contribution is 2.30. The molecule has 2 aliphatic rings. The van der Waals surface area contributed by atoms with Gasteiger partial charge in [0.1, 0.15) is 6.20 Å². The van der Waals surface area contributed by atoms with Crippen LogP contribution in [-0.2, 0) is 0 Å². The third-order valence-corrected chi connectivity index (χ3v) is 5.34. The fraction of sp³-hybridized carbons (Fsp3) is 0.450. The molecule has 1 aromatic heterocycles. The number of benzene rings is 1. The number of carbonyl (C=O) groups excluding carboxylic acids is 1. The van der Waals surface area contributed by atoms with E-state index in [2.05, 4.69) is 37.9 Å². The van der Waals surface area contributed by atoms with Crippen molar-refractivity contribution in [1.29, 1.82) is 0 Å². The molecular weight excluding hydrogens is 386 g/mol. The van der Waals surface area contributed by atoms with Gasteiger partial charge in [0.05, 0.1) is 4.92 Å². The van der Waals surface area contributed by atoms with E-state index in [1.54, 1.807) is 24.3 Å². The molecule has 0 spiro atoms. The van der Waals surface area contributed by atoms with Crippen LogP contribution in [0.15, 0.2) is 30.5 Å². The van der Waals surface area contributed by atoms with Crippen LogP contribution in [0.1, 0.15) is 36.0 Å². The molecule has 1 aliphatic carbocycles. The van der Waals surface area contributed by atoms with Gasteiger partial charge in [-0.2, -0.15) is 4.98 Å². The van der Waals surface area contributed by atoms with Crippen LogP contribution in [-0.4, -0.2) is 57.9 Å². The SMILES string of the molecule is CN1CCC(NC(=O)c2ccc(Nc3ncc([N+](=O)[O-])c(NC4CC4)n3)cc2)CC1. The van der Waals surface area contributed by atoms with Crippen LogP contribution in [0.5, 0.6) is 0 Å². The highest BCUT2D eigenvalue weighted by molar-refractivity contribution is 5.94. The highest BCUT2D eigenvalue weighted by Gasteiger charge is 2.26. The smallest absolute Gasteiger partial charge is 0.329 e. The van der Waals surface area contributed by atoms with Crippen LogP contribution in [0.4, 0.5) is 23.1 Å². The standard InChI is InChI=1S/C20H25N7O3/c1-26-10-8-16(9-11-26)23-19(28)13-2-4-15(5-3-13)24-20-21-12-17(27(29)30)18(25-20)22-14-6-7-14/h2-5,12,14,16H,6-11H2,1H3,(H,23,28)(H2,21,22,24,25). The summed E-state index contributed by atoms with van der Waals surface area (Å²) in [5.41, 5.74) is 1.13. The molecule has 1 saturated carbocycles. The molecule has 158 valence electrons. The van der Waals surface area contributed by atoms with Gasteiger partial charge in [-0.3, -0.25) is 14.9 Å². The van der Waals surface area contributed by atoms with Gasteiger partial charge < -0.3 is 20.9 Å². The second kappa shape index (κ2) is 8.62. The minimum Gasteiger partial charge on any atom is -0.361 e. The van der Waals surface area contributed by atoms with E-state index in [0.717, 1.165) is 38.8 Å². The Morgan fingerprint density at radius 3 is 2.47 bits per heavy atom. The van der Waals surface area contributed by atoms with E-state index >= 15 is 0 Å². The first kappa shape index (κ1) is 20.0. The Hall–Kier alpha value is -3.27. The number of nitrogens with zero attached hydrogens (tertiary/aromatic N) is 4. The largest absolute Gasteiger partial charge is 0.361 e. The highest BCUT2D eigenvalue weighted by atomic mass is 16.6. The number of anilines is 3. The molecule has 1 saturated heterocycles. The van der Waals surface area contributed by atoms with Crippen LogP contribution in [0, 0.1) is 10.1 Å². The Bertz CT molecular complexity index is 922. The maximum atomic E-state index is 12.5. The van der Waals surface area contributed by atoms with Gasteiger partial charge in [0.2, 0.25) is 11.8 Å². The number of carbonyl (C=O) groups is 1. The summed E-state index contributed by atoms with van der Waals surface area (Å²) in [6, 6.07) is 7.44. The zero-order valence-corrected chi connectivity index (χ0v) is 16.8. The van der Waals surface area contributed by atoms with Gasteiger partial charge >= 0.3 is 5.69 Å². The number of hydrogen-bond acceptors (Lipinski definition) is 8. The molecule has 30 heavy (non-hydrogen) atoms. The summed E-state index contributed by atoms with van der Waals surface area (Å²) in [4.78, 5) is 33.7. The van der Waals surface area contributed by atoms with Crippen molar-refractivity contribution in [2.45, 2.75) is 37.8 Å². The molecule has 3 N–H and O–H groups in total. The Labute approximate surface area is 174 Å². The van der Waals surface area contributed by atoms with Crippen LogP contribution < -0.4 is 16.0 Å². The van der Waals surface area contributed by atoms with Crippen LogP contribution >= 0.6 is 0 Å². The quantitative estimate of drug-likeness (QED) is 0.469. The molecule has 1 aromatic carbocycles. The van der Waals surface area contributed by atoms with E-state index in [0.29, 0.717) is 11.3 Å². The number of likely N-dealkylation sites (tertiary alicyclic amines) is 1. The number of piperidine rings is 1. The van der Waals surface area contributed by atoms with Crippen molar-refractivity contribution in [3.63, 3.8) is 0 Å². The summed E-state index contributed by atoms with van der Waals surface area (Å²) in [5, 5.41) is 20.4. The van der Waals surface area contributed by atoms with Gasteiger partial charge in [0.25, 0.3) is 5.91 Å². The number of amides is 1. The fourth-order valence-electron chi connectivity index (χ4n) is 3.35. The van der Waals surface area contributed by atoms with E-state index in [1.807, 2.05) is 0 Å². The van der Waals surface area contributed by atoms with Gasteiger partial charge in [-0.25, -0.2) is 4.98 Å². The van der Waals surface area contributed by atoms with E-state index in [4.69, 9.17) is 0 Å². The lowest BCUT2D eigenvalue weighted by atomic mass is 10.0. The lowest BCUT2D eigenvalue weighted by Gasteiger charge is -2.29. The van der Waals surface area contributed by atoms with Crippen molar-refractivity contribution >= 4 is 29.0 Å². The van der Waals surface area contributed by atoms with Gasteiger partial charge in [-0.15, -0.1) is 0 Å². The van der Waals surface area contributed by atoms with Crippen LogP contribution in [0.25, 0.3) is 0 Å². The summed E-state index contributed by atoms with van der Waals surface area (Å²) < 4.78 is 0. The minimum absolute atomic E-state index is 0.0846. The van der Waals surface area contributed by atoms with Gasteiger partial charge in [0.15, 0.2) is 0 Å². The van der Waals surface area contributed by atoms with Crippen molar-refractivity contribution < 1.29 is 9.72 Å². The molecule has 0 radical (unpaired) electrons. The molecule has 0 atom stereocenters. The molecule has 4 rings (SSSR count). The topological polar surface area (TPSA) is 125 Å².